The molecule has 0 atom stereocenters. The Hall–Kier alpha value is -1.09. The summed E-state index contributed by atoms with van der Waals surface area (Å²) in [5, 5.41) is 9.74. The van der Waals surface area contributed by atoms with Gasteiger partial charge in [0.15, 0.2) is 0 Å². The Labute approximate surface area is 88.4 Å². The minimum atomic E-state index is 0.000832. The third-order valence-electron chi connectivity index (χ3n) is 1.84. The Kier molecular flexibility index (Phi) is 3.89. The number of hydrogen-bond acceptors (Lipinski definition) is 3. The van der Waals surface area contributed by atoms with E-state index in [2.05, 4.69) is 6.92 Å². The van der Waals surface area contributed by atoms with Crippen molar-refractivity contribution in [1.82, 2.24) is 0 Å². The molecule has 4 heteroatoms. The minimum Gasteiger partial charge on any atom is -0.506 e. The van der Waals surface area contributed by atoms with Crippen molar-refractivity contribution >= 4 is 17.3 Å². The summed E-state index contributed by atoms with van der Waals surface area (Å²) in [5.41, 5.74) is 5.72. The molecule has 0 amide bonds. The Morgan fingerprint density at radius 1 is 1.50 bits per heavy atom. The molecule has 0 aliphatic carbocycles. The van der Waals surface area contributed by atoms with Crippen LogP contribution < -0.4 is 10.5 Å². The van der Waals surface area contributed by atoms with Crippen molar-refractivity contribution in [3.63, 3.8) is 0 Å². The lowest BCUT2D eigenvalue weighted by Crippen LogP contribution is -1.97. The number of benzene rings is 1. The summed E-state index contributed by atoms with van der Waals surface area (Å²) >= 11 is 5.86. The van der Waals surface area contributed by atoms with Crippen LogP contribution in [0.15, 0.2) is 12.1 Å². The van der Waals surface area contributed by atoms with Crippen LogP contribution in [-0.4, -0.2) is 11.7 Å². The number of phenols is 1. The molecule has 3 N–H and O–H groups in total. The number of nitrogens with two attached hydrogens (primary N) is 1. The van der Waals surface area contributed by atoms with Gasteiger partial charge in [-0.05, 0) is 12.5 Å². The number of unbranched alkanes of at least 4 members (excludes halogenated alkanes) is 1. The van der Waals surface area contributed by atoms with Gasteiger partial charge in [0.05, 0.1) is 17.3 Å². The highest BCUT2D eigenvalue weighted by Gasteiger charge is 2.06. The van der Waals surface area contributed by atoms with Gasteiger partial charge in [0.25, 0.3) is 0 Å². The van der Waals surface area contributed by atoms with E-state index in [1.54, 1.807) is 0 Å². The van der Waals surface area contributed by atoms with E-state index >= 15 is 0 Å². The van der Waals surface area contributed by atoms with Gasteiger partial charge >= 0.3 is 0 Å². The van der Waals surface area contributed by atoms with Crippen LogP contribution in [0.25, 0.3) is 0 Å². The van der Waals surface area contributed by atoms with Crippen LogP contribution in [0.2, 0.25) is 5.02 Å². The average molecular weight is 216 g/mol. The number of hydrogen-bond donors (Lipinski definition) is 2. The number of nitrogen functional groups attached to an aromatic ring is 1. The second-order valence-electron chi connectivity index (χ2n) is 3.04. The van der Waals surface area contributed by atoms with Gasteiger partial charge in [-0.2, -0.15) is 0 Å². The fourth-order valence-electron chi connectivity index (χ4n) is 0.995. The molecule has 3 nitrogen and oxygen atoms in total. The Bertz CT molecular complexity index is 315. The van der Waals surface area contributed by atoms with Gasteiger partial charge in [0, 0.05) is 6.07 Å². The minimum absolute atomic E-state index is 0.000832. The summed E-state index contributed by atoms with van der Waals surface area (Å²) in [4.78, 5) is 0. The molecule has 1 aromatic carbocycles. The lowest BCUT2D eigenvalue weighted by Gasteiger charge is -2.08. The van der Waals surface area contributed by atoms with Crippen molar-refractivity contribution in [3.05, 3.63) is 17.2 Å². The first kappa shape index (κ1) is 11.0. The van der Waals surface area contributed by atoms with Gasteiger partial charge in [-0.15, -0.1) is 0 Å². The topological polar surface area (TPSA) is 55.5 Å². The normalized spacial score (nSPS) is 10.1. The molecule has 0 aliphatic rings. The molecular weight excluding hydrogens is 202 g/mol. The third kappa shape index (κ3) is 2.70. The van der Waals surface area contributed by atoms with Crippen LogP contribution in [0.3, 0.4) is 0 Å². The SMILES string of the molecule is CCCCOc1cc(O)c(N)cc1Cl. The van der Waals surface area contributed by atoms with Crippen LogP contribution in [0, 0.1) is 0 Å². The van der Waals surface area contributed by atoms with Crippen molar-refractivity contribution in [3.8, 4) is 11.5 Å². The van der Waals surface area contributed by atoms with Gasteiger partial charge in [-0.25, -0.2) is 0 Å². The molecule has 0 fully saturated rings. The predicted molar refractivity (Wildman–Crippen MR) is 57.9 cm³/mol. The molecule has 0 unspecified atom stereocenters. The number of aromatic hydroxyl groups is 1. The summed E-state index contributed by atoms with van der Waals surface area (Å²) in [6.45, 7) is 2.67. The van der Waals surface area contributed by atoms with Crippen LogP contribution in [-0.2, 0) is 0 Å². The monoisotopic (exact) mass is 215 g/mol. The molecule has 14 heavy (non-hydrogen) atoms. The van der Waals surface area contributed by atoms with Gasteiger partial charge < -0.3 is 15.6 Å². The van der Waals surface area contributed by atoms with Crippen molar-refractivity contribution in [2.45, 2.75) is 19.8 Å². The Balaban J connectivity index is 2.72. The number of halogens is 1. The number of ether oxygens (including phenoxy) is 1. The first-order chi connectivity index (χ1) is 6.65. The third-order valence-corrected chi connectivity index (χ3v) is 2.13. The van der Waals surface area contributed by atoms with Gasteiger partial charge in [0.1, 0.15) is 11.5 Å². The van der Waals surface area contributed by atoms with Crippen LogP contribution in [0.4, 0.5) is 5.69 Å². The summed E-state index contributed by atoms with van der Waals surface area (Å²) < 4.78 is 5.37. The Morgan fingerprint density at radius 3 is 2.86 bits per heavy atom. The standard InChI is InChI=1S/C10H14ClNO2/c1-2-3-4-14-10-6-9(13)8(12)5-7(10)11/h5-6,13H,2-4,12H2,1H3. The number of anilines is 1. The lowest BCUT2D eigenvalue weighted by atomic mass is 10.3. The fourth-order valence-corrected chi connectivity index (χ4v) is 1.22. The van der Waals surface area contributed by atoms with Crippen LogP contribution >= 0.6 is 11.6 Å². The molecule has 0 aliphatic heterocycles. The van der Waals surface area contributed by atoms with E-state index in [9.17, 15) is 5.11 Å². The molecule has 78 valence electrons. The zero-order valence-corrected chi connectivity index (χ0v) is 8.84. The average Bonchev–Trinajstić information content (AvgIpc) is 2.14. The largest absolute Gasteiger partial charge is 0.506 e. The second kappa shape index (κ2) is 4.96. The molecule has 1 rings (SSSR count). The van der Waals surface area contributed by atoms with Crippen molar-refractivity contribution in [2.75, 3.05) is 12.3 Å². The molecule has 0 saturated carbocycles. The molecule has 0 bridgehead atoms. The summed E-state index contributed by atoms with van der Waals surface area (Å²) in [6.07, 6.45) is 2.01. The quantitative estimate of drug-likeness (QED) is 0.461. The Morgan fingerprint density at radius 2 is 2.21 bits per heavy atom. The highest BCUT2D eigenvalue weighted by molar-refractivity contribution is 6.32. The second-order valence-corrected chi connectivity index (χ2v) is 3.45. The molecular formula is C10H14ClNO2. The van der Waals surface area contributed by atoms with E-state index in [4.69, 9.17) is 22.1 Å². The predicted octanol–water partition coefficient (Wildman–Crippen LogP) is 2.81. The van der Waals surface area contributed by atoms with E-state index in [0.29, 0.717) is 17.4 Å². The zero-order valence-electron chi connectivity index (χ0n) is 8.09. The number of phenolic OH excluding ortho intramolecular Hbond substituents is 1. The molecule has 1 aromatic rings. The molecule has 0 heterocycles. The summed E-state index contributed by atoms with van der Waals surface area (Å²) in [6, 6.07) is 2.92. The highest BCUT2D eigenvalue weighted by Crippen LogP contribution is 2.33. The maximum Gasteiger partial charge on any atom is 0.142 e. The zero-order chi connectivity index (χ0) is 10.6. The van der Waals surface area contributed by atoms with E-state index in [-0.39, 0.29) is 11.4 Å². The smallest absolute Gasteiger partial charge is 0.142 e. The first-order valence-electron chi connectivity index (χ1n) is 4.56. The maximum atomic E-state index is 9.32. The lowest BCUT2D eigenvalue weighted by molar-refractivity contribution is 0.308. The summed E-state index contributed by atoms with van der Waals surface area (Å²) in [7, 11) is 0. The first-order valence-corrected chi connectivity index (χ1v) is 4.93. The van der Waals surface area contributed by atoms with E-state index in [1.165, 1.54) is 12.1 Å². The van der Waals surface area contributed by atoms with E-state index in [1.807, 2.05) is 0 Å². The summed E-state index contributed by atoms with van der Waals surface area (Å²) in [5.74, 6) is 0.479. The van der Waals surface area contributed by atoms with Crippen molar-refractivity contribution in [2.24, 2.45) is 0 Å². The molecule has 0 aromatic heterocycles. The molecule has 0 saturated heterocycles. The van der Waals surface area contributed by atoms with Crippen LogP contribution in [0.5, 0.6) is 11.5 Å². The van der Waals surface area contributed by atoms with Gasteiger partial charge in [-0.3, -0.25) is 0 Å². The maximum absolute atomic E-state index is 9.32. The molecule has 0 spiro atoms. The fraction of sp³-hybridized carbons (Fsp3) is 0.400. The molecule has 0 radical (unpaired) electrons. The van der Waals surface area contributed by atoms with E-state index in [0.717, 1.165) is 12.8 Å². The van der Waals surface area contributed by atoms with E-state index < -0.39 is 0 Å². The van der Waals surface area contributed by atoms with Crippen LogP contribution in [0.1, 0.15) is 19.8 Å². The van der Waals surface area contributed by atoms with Gasteiger partial charge in [0.2, 0.25) is 0 Å². The van der Waals surface area contributed by atoms with Crippen molar-refractivity contribution < 1.29 is 9.84 Å². The van der Waals surface area contributed by atoms with Gasteiger partial charge in [-0.1, -0.05) is 24.9 Å². The van der Waals surface area contributed by atoms with Crippen molar-refractivity contribution in [1.29, 1.82) is 0 Å². The highest BCUT2D eigenvalue weighted by atomic mass is 35.5. The number of rotatable bonds is 4.